The zero-order chi connectivity index (χ0) is 11.3. The molecule has 0 aliphatic rings. The lowest BCUT2D eigenvalue weighted by atomic mass is 10.2. The first-order valence-corrected chi connectivity index (χ1v) is 5.07. The van der Waals surface area contributed by atoms with Crippen molar-refractivity contribution in [2.45, 2.75) is 12.8 Å². The molecule has 78 valence electrons. The third-order valence-electron chi connectivity index (χ3n) is 1.70. The van der Waals surface area contributed by atoms with Gasteiger partial charge >= 0.3 is 0 Å². The third kappa shape index (κ3) is 3.83. The number of carbonyl (C=O) groups is 1. The summed E-state index contributed by atoms with van der Waals surface area (Å²) in [6.07, 6.45) is 5.77. The summed E-state index contributed by atoms with van der Waals surface area (Å²) in [6, 6.07) is 4.90. The van der Waals surface area contributed by atoms with Gasteiger partial charge in [-0.2, -0.15) is 0 Å². The van der Waals surface area contributed by atoms with E-state index in [0.29, 0.717) is 28.6 Å². The number of terminal acetylenes is 1. The number of amides is 1. The molecule has 0 aromatic heterocycles. The Kier molecular flexibility index (Phi) is 4.48. The molecule has 0 saturated carbocycles. The number of hydrogen-bond donors (Lipinski definition) is 1. The van der Waals surface area contributed by atoms with Gasteiger partial charge in [0.1, 0.15) is 0 Å². The van der Waals surface area contributed by atoms with Gasteiger partial charge in [0.2, 0.25) is 5.91 Å². The van der Waals surface area contributed by atoms with Gasteiger partial charge in [0.25, 0.3) is 0 Å². The molecule has 0 bridgehead atoms. The minimum absolute atomic E-state index is 0.133. The number of hydrogen-bond acceptors (Lipinski definition) is 1. The first kappa shape index (κ1) is 11.9. The average molecular weight is 242 g/mol. The summed E-state index contributed by atoms with van der Waals surface area (Å²) >= 11 is 11.5. The molecule has 4 heteroatoms. The molecule has 0 spiro atoms. The second kappa shape index (κ2) is 5.65. The van der Waals surface area contributed by atoms with Crippen molar-refractivity contribution in [3.05, 3.63) is 28.2 Å². The summed E-state index contributed by atoms with van der Waals surface area (Å²) in [5.74, 6) is 2.26. The molecule has 0 aliphatic carbocycles. The van der Waals surface area contributed by atoms with Crippen LogP contribution in [0.25, 0.3) is 0 Å². The van der Waals surface area contributed by atoms with E-state index in [-0.39, 0.29) is 5.91 Å². The van der Waals surface area contributed by atoms with E-state index < -0.39 is 0 Å². The fourth-order valence-electron chi connectivity index (χ4n) is 0.983. The summed E-state index contributed by atoms with van der Waals surface area (Å²) in [6.45, 7) is 0. The van der Waals surface area contributed by atoms with E-state index in [1.165, 1.54) is 0 Å². The lowest BCUT2D eigenvalue weighted by Gasteiger charge is -2.04. The lowest BCUT2D eigenvalue weighted by molar-refractivity contribution is -0.116. The first-order chi connectivity index (χ1) is 7.13. The maximum absolute atomic E-state index is 11.3. The van der Waals surface area contributed by atoms with Crippen molar-refractivity contribution in [3.63, 3.8) is 0 Å². The highest BCUT2D eigenvalue weighted by Gasteiger charge is 2.03. The minimum Gasteiger partial charge on any atom is -0.326 e. The molecule has 0 saturated heterocycles. The fourth-order valence-corrected chi connectivity index (χ4v) is 1.28. The molecule has 0 atom stereocenters. The monoisotopic (exact) mass is 241 g/mol. The van der Waals surface area contributed by atoms with Crippen LogP contribution in [0, 0.1) is 12.3 Å². The van der Waals surface area contributed by atoms with E-state index in [9.17, 15) is 4.79 Å². The van der Waals surface area contributed by atoms with Crippen LogP contribution >= 0.6 is 23.2 Å². The smallest absolute Gasteiger partial charge is 0.225 e. The van der Waals surface area contributed by atoms with Crippen molar-refractivity contribution in [3.8, 4) is 12.3 Å². The van der Waals surface area contributed by atoms with Gasteiger partial charge in [-0.15, -0.1) is 12.3 Å². The summed E-state index contributed by atoms with van der Waals surface area (Å²) < 4.78 is 0. The van der Waals surface area contributed by atoms with Gasteiger partial charge in [-0.3, -0.25) is 4.79 Å². The zero-order valence-corrected chi connectivity index (χ0v) is 9.40. The molecule has 1 N–H and O–H groups in total. The quantitative estimate of drug-likeness (QED) is 0.809. The van der Waals surface area contributed by atoms with Gasteiger partial charge in [0.05, 0.1) is 10.0 Å². The van der Waals surface area contributed by atoms with E-state index in [2.05, 4.69) is 11.2 Å². The molecule has 1 amide bonds. The number of carbonyl (C=O) groups excluding carboxylic acids is 1. The van der Waals surface area contributed by atoms with Crippen LogP contribution in [0.15, 0.2) is 18.2 Å². The van der Waals surface area contributed by atoms with Gasteiger partial charge in [0, 0.05) is 18.5 Å². The van der Waals surface area contributed by atoms with Crippen molar-refractivity contribution in [2.24, 2.45) is 0 Å². The molecule has 0 heterocycles. The molecule has 0 unspecified atom stereocenters. The molecule has 1 aromatic rings. The molecule has 15 heavy (non-hydrogen) atoms. The average Bonchev–Trinajstić information content (AvgIpc) is 2.20. The molecule has 1 rings (SSSR count). The van der Waals surface area contributed by atoms with Gasteiger partial charge in [0.15, 0.2) is 0 Å². The van der Waals surface area contributed by atoms with Crippen LogP contribution in [0.2, 0.25) is 10.0 Å². The van der Waals surface area contributed by atoms with E-state index in [1.807, 2.05) is 0 Å². The van der Waals surface area contributed by atoms with Crippen LogP contribution < -0.4 is 5.32 Å². The highest BCUT2D eigenvalue weighted by Crippen LogP contribution is 2.24. The number of nitrogens with one attached hydrogen (secondary N) is 1. The highest BCUT2D eigenvalue weighted by atomic mass is 35.5. The van der Waals surface area contributed by atoms with E-state index in [4.69, 9.17) is 29.6 Å². The summed E-state index contributed by atoms with van der Waals surface area (Å²) in [5.41, 5.74) is 0.617. The van der Waals surface area contributed by atoms with Gasteiger partial charge in [-0.25, -0.2) is 0 Å². The molecule has 1 aromatic carbocycles. The maximum atomic E-state index is 11.3. The fraction of sp³-hybridized carbons (Fsp3) is 0.182. The van der Waals surface area contributed by atoms with Crippen molar-refractivity contribution in [2.75, 3.05) is 5.32 Å². The first-order valence-electron chi connectivity index (χ1n) is 4.32. The molecule has 0 radical (unpaired) electrons. The number of benzene rings is 1. The lowest BCUT2D eigenvalue weighted by Crippen LogP contribution is -2.10. The summed E-state index contributed by atoms with van der Waals surface area (Å²) in [7, 11) is 0. The molecular weight excluding hydrogens is 233 g/mol. The molecule has 2 nitrogen and oxygen atoms in total. The third-order valence-corrected chi connectivity index (χ3v) is 2.44. The Bertz CT molecular complexity index is 410. The summed E-state index contributed by atoms with van der Waals surface area (Å²) in [4.78, 5) is 11.3. The SMILES string of the molecule is C#CCCC(=O)Nc1ccc(Cl)c(Cl)c1. The predicted molar refractivity (Wildman–Crippen MR) is 63.2 cm³/mol. The normalized spacial score (nSPS) is 9.40. The largest absolute Gasteiger partial charge is 0.326 e. The van der Waals surface area contributed by atoms with Crippen LogP contribution in [0.3, 0.4) is 0 Å². The minimum atomic E-state index is -0.133. The van der Waals surface area contributed by atoms with E-state index >= 15 is 0 Å². The predicted octanol–water partition coefficient (Wildman–Crippen LogP) is 3.35. The standard InChI is InChI=1S/C11H9Cl2NO/c1-2-3-4-11(15)14-8-5-6-9(12)10(13)7-8/h1,5-7H,3-4H2,(H,14,15). The number of rotatable bonds is 3. The Morgan fingerprint density at radius 3 is 2.73 bits per heavy atom. The highest BCUT2D eigenvalue weighted by molar-refractivity contribution is 6.42. The zero-order valence-electron chi connectivity index (χ0n) is 7.89. The van der Waals surface area contributed by atoms with Gasteiger partial charge < -0.3 is 5.32 Å². The second-order valence-electron chi connectivity index (χ2n) is 2.88. The second-order valence-corrected chi connectivity index (χ2v) is 3.70. The Morgan fingerprint density at radius 1 is 1.40 bits per heavy atom. The van der Waals surface area contributed by atoms with Crippen LogP contribution in [-0.4, -0.2) is 5.91 Å². The van der Waals surface area contributed by atoms with Gasteiger partial charge in [-0.05, 0) is 18.2 Å². The molecular formula is C11H9Cl2NO. The number of halogens is 2. The van der Waals surface area contributed by atoms with Crippen molar-refractivity contribution >= 4 is 34.8 Å². The van der Waals surface area contributed by atoms with Gasteiger partial charge in [-0.1, -0.05) is 23.2 Å². The maximum Gasteiger partial charge on any atom is 0.225 e. The van der Waals surface area contributed by atoms with Crippen LogP contribution in [-0.2, 0) is 4.79 Å². The Balaban J connectivity index is 2.62. The van der Waals surface area contributed by atoms with E-state index in [1.54, 1.807) is 18.2 Å². The number of anilines is 1. The van der Waals surface area contributed by atoms with Crippen molar-refractivity contribution in [1.29, 1.82) is 0 Å². The summed E-state index contributed by atoms with van der Waals surface area (Å²) in [5, 5.41) is 3.53. The van der Waals surface area contributed by atoms with Crippen LogP contribution in [0.5, 0.6) is 0 Å². The molecule has 0 fully saturated rings. The van der Waals surface area contributed by atoms with Crippen molar-refractivity contribution < 1.29 is 4.79 Å². The topological polar surface area (TPSA) is 29.1 Å². The Morgan fingerprint density at radius 2 is 2.13 bits per heavy atom. The van der Waals surface area contributed by atoms with Crippen LogP contribution in [0.4, 0.5) is 5.69 Å². The van der Waals surface area contributed by atoms with E-state index in [0.717, 1.165) is 0 Å². The Hall–Kier alpha value is -1.17. The molecule has 0 aliphatic heterocycles. The van der Waals surface area contributed by atoms with Crippen LogP contribution in [0.1, 0.15) is 12.8 Å². The van der Waals surface area contributed by atoms with Crippen molar-refractivity contribution in [1.82, 2.24) is 0 Å². The Labute approximate surface area is 98.6 Å².